The van der Waals surface area contributed by atoms with E-state index in [1.165, 1.54) is 11.3 Å². The van der Waals surface area contributed by atoms with Crippen LogP contribution in [0.25, 0.3) is 0 Å². The van der Waals surface area contributed by atoms with Crippen LogP contribution in [0.1, 0.15) is 10.6 Å². The molecule has 0 aromatic carbocycles. The number of carbonyl (C=O) groups excluding carboxylic acids is 1. The van der Waals surface area contributed by atoms with Crippen molar-refractivity contribution in [3.05, 3.63) is 41.2 Å². The summed E-state index contributed by atoms with van der Waals surface area (Å²) >= 11 is 1.32. The van der Waals surface area contributed by atoms with Gasteiger partial charge in [0.15, 0.2) is 5.13 Å². The molecule has 1 amide bonds. The first-order valence-corrected chi connectivity index (χ1v) is 6.44. The summed E-state index contributed by atoms with van der Waals surface area (Å²) in [7, 11) is 0. The van der Waals surface area contributed by atoms with Crippen LogP contribution < -0.4 is 11.1 Å². The van der Waals surface area contributed by atoms with Crippen molar-refractivity contribution in [2.75, 3.05) is 11.9 Å². The quantitative estimate of drug-likeness (QED) is 0.818. The van der Waals surface area contributed by atoms with Crippen molar-refractivity contribution in [2.45, 2.75) is 6.42 Å². The maximum Gasteiger partial charge on any atom is 0.232 e. The summed E-state index contributed by atoms with van der Waals surface area (Å²) in [6.07, 6.45) is 3.50. The third-order valence-corrected chi connectivity index (χ3v) is 2.96. The molecule has 0 bridgehead atoms. The number of nitrogens with two attached hydrogens (primary N) is 1. The highest BCUT2D eigenvalue weighted by molar-refractivity contribution is 7.16. The Kier molecular flexibility index (Phi) is 4.61. The highest BCUT2D eigenvalue weighted by Crippen LogP contribution is 2.17. The van der Waals surface area contributed by atoms with Gasteiger partial charge >= 0.3 is 0 Å². The molecule has 0 spiro atoms. The Balaban J connectivity index is 1.94. The smallest absolute Gasteiger partial charge is 0.232 e. The van der Waals surface area contributed by atoms with E-state index in [0.717, 1.165) is 10.6 Å². The maximum absolute atomic E-state index is 11.8. The highest BCUT2D eigenvalue weighted by atomic mass is 32.1. The number of carbonyl (C=O) groups is 1. The van der Waals surface area contributed by atoms with Crippen molar-refractivity contribution >= 4 is 22.4 Å². The predicted octanol–water partition coefficient (Wildman–Crippen LogP) is 1.03. The monoisotopic (exact) mass is 272 g/mol. The molecule has 0 radical (unpaired) electrons. The number of hydrogen-bond donors (Lipinski definition) is 2. The molecule has 3 N–H and O–H groups in total. The minimum Gasteiger partial charge on any atom is -0.320 e. The van der Waals surface area contributed by atoms with Crippen molar-refractivity contribution in [2.24, 2.45) is 5.73 Å². The summed E-state index contributed by atoms with van der Waals surface area (Å²) in [6.45, 7) is 0.305. The van der Waals surface area contributed by atoms with Crippen LogP contribution in [0.3, 0.4) is 0 Å². The number of rotatable bonds is 3. The fourth-order valence-electron chi connectivity index (χ4n) is 1.36. The highest BCUT2D eigenvalue weighted by Gasteiger charge is 2.07. The van der Waals surface area contributed by atoms with E-state index in [-0.39, 0.29) is 12.3 Å². The van der Waals surface area contributed by atoms with Gasteiger partial charge in [0.1, 0.15) is 0 Å². The predicted molar refractivity (Wildman–Crippen MR) is 74.6 cm³/mol. The normalized spacial score (nSPS) is 9.53. The number of hydrogen-bond acceptors (Lipinski definition) is 5. The summed E-state index contributed by atoms with van der Waals surface area (Å²) in [5.74, 6) is 5.45. The van der Waals surface area contributed by atoms with Gasteiger partial charge in [0.2, 0.25) is 5.91 Å². The van der Waals surface area contributed by atoms with Crippen LogP contribution in [-0.4, -0.2) is 22.4 Å². The Morgan fingerprint density at radius 3 is 3.05 bits per heavy atom. The standard InChI is InChI=1S/C13H12N4OS/c14-6-3-5-11-9-16-13(19-11)17-12(18)8-10-4-1-2-7-15-10/h1-2,4,7,9H,6,8,14H2,(H,16,17,18). The molecule has 96 valence electrons. The lowest BCUT2D eigenvalue weighted by molar-refractivity contribution is -0.115. The first-order valence-electron chi connectivity index (χ1n) is 5.62. The molecule has 6 heteroatoms. The Morgan fingerprint density at radius 1 is 1.42 bits per heavy atom. The average Bonchev–Trinajstić information content (AvgIpc) is 2.85. The minimum absolute atomic E-state index is 0.147. The minimum atomic E-state index is -0.147. The number of anilines is 1. The van der Waals surface area contributed by atoms with Gasteiger partial charge in [0, 0.05) is 11.9 Å². The molecule has 0 aliphatic carbocycles. The third kappa shape index (κ3) is 4.17. The molecular weight excluding hydrogens is 260 g/mol. The van der Waals surface area contributed by atoms with Crippen LogP contribution >= 0.6 is 11.3 Å². The second-order valence-corrected chi connectivity index (χ2v) is 4.61. The van der Waals surface area contributed by atoms with E-state index in [0.29, 0.717) is 11.7 Å². The van der Waals surface area contributed by atoms with E-state index in [1.807, 2.05) is 12.1 Å². The fourth-order valence-corrected chi connectivity index (χ4v) is 2.07. The lowest BCUT2D eigenvalue weighted by Crippen LogP contribution is -2.14. The Labute approximate surface area is 114 Å². The van der Waals surface area contributed by atoms with Crippen LogP contribution in [0.4, 0.5) is 5.13 Å². The van der Waals surface area contributed by atoms with Gasteiger partial charge in [0.05, 0.1) is 24.0 Å². The fraction of sp³-hybridized carbons (Fsp3) is 0.154. The molecule has 0 aliphatic rings. The Hall–Kier alpha value is -2.23. The number of pyridine rings is 1. The topological polar surface area (TPSA) is 80.9 Å². The summed E-state index contributed by atoms with van der Waals surface area (Å²) < 4.78 is 0. The van der Waals surface area contributed by atoms with Gasteiger partial charge in [0.25, 0.3) is 0 Å². The summed E-state index contributed by atoms with van der Waals surface area (Å²) in [5.41, 5.74) is 6.01. The van der Waals surface area contributed by atoms with Crippen molar-refractivity contribution in [3.63, 3.8) is 0 Å². The van der Waals surface area contributed by atoms with Crippen molar-refractivity contribution < 1.29 is 4.79 Å². The summed E-state index contributed by atoms with van der Waals surface area (Å²) in [4.78, 5) is 20.7. The molecule has 2 aromatic rings. The molecule has 2 rings (SSSR count). The zero-order chi connectivity index (χ0) is 13.5. The van der Waals surface area contributed by atoms with Crippen molar-refractivity contribution in [3.8, 4) is 11.8 Å². The van der Waals surface area contributed by atoms with Gasteiger partial charge in [-0.3, -0.25) is 9.78 Å². The van der Waals surface area contributed by atoms with E-state index in [9.17, 15) is 4.79 Å². The first-order chi connectivity index (χ1) is 9.28. The number of amides is 1. The largest absolute Gasteiger partial charge is 0.320 e. The third-order valence-electron chi connectivity index (χ3n) is 2.13. The van der Waals surface area contributed by atoms with E-state index in [4.69, 9.17) is 5.73 Å². The molecule has 19 heavy (non-hydrogen) atoms. The molecule has 2 heterocycles. The molecule has 0 saturated carbocycles. The van der Waals surface area contributed by atoms with Gasteiger partial charge in [-0.1, -0.05) is 29.2 Å². The number of nitrogens with zero attached hydrogens (tertiary/aromatic N) is 2. The van der Waals surface area contributed by atoms with Gasteiger partial charge in [-0.2, -0.15) is 0 Å². The van der Waals surface area contributed by atoms with Crippen molar-refractivity contribution in [1.29, 1.82) is 0 Å². The summed E-state index contributed by atoms with van der Waals surface area (Å²) in [5, 5.41) is 3.25. The van der Waals surface area contributed by atoms with Gasteiger partial charge in [-0.15, -0.1) is 0 Å². The second kappa shape index (κ2) is 6.64. The molecule has 0 fully saturated rings. The first kappa shape index (κ1) is 13.2. The van der Waals surface area contributed by atoms with Gasteiger partial charge < -0.3 is 11.1 Å². The number of aromatic nitrogens is 2. The molecule has 5 nitrogen and oxygen atoms in total. The van der Waals surface area contributed by atoms with Crippen LogP contribution in [0.5, 0.6) is 0 Å². The van der Waals surface area contributed by atoms with Crippen LogP contribution in [0, 0.1) is 11.8 Å². The molecule has 0 unspecified atom stereocenters. The SMILES string of the molecule is NCC#Cc1cnc(NC(=O)Cc2ccccn2)s1. The molecular formula is C13H12N4OS. The van der Waals surface area contributed by atoms with Crippen molar-refractivity contribution in [1.82, 2.24) is 9.97 Å². The van der Waals surface area contributed by atoms with E-state index in [1.54, 1.807) is 18.5 Å². The molecule has 0 atom stereocenters. The van der Waals surface area contributed by atoms with Crippen LogP contribution in [-0.2, 0) is 11.2 Å². The molecule has 0 saturated heterocycles. The summed E-state index contributed by atoms with van der Waals surface area (Å²) in [6, 6.07) is 5.46. The Morgan fingerprint density at radius 2 is 2.32 bits per heavy atom. The maximum atomic E-state index is 11.8. The second-order valence-electron chi connectivity index (χ2n) is 3.58. The molecule has 2 aromatic heterocycles. The Bertz CT molecular complexity index is 612. The zero-order valence-electron chi connectivity index (χ0n) is 10.1. The van der Waals surface area contributed by atoms with Crippen LogP contribution in [0.2, 0.25) is 0 Å². The molecule has 0 aliphatic heterocycles. The average molecular weight is 272 g/mol. The van der Waals surface area contributed by atoms with Crippen LogP contribution in [0.15, 0.2) is 30.6 Å². The lowest BCUT2D eigenvalue weighted by atomic mass is 10.2. The van der Waals surface area contributed by atoms with Gasteiger partial charge in [-0.25, -0.2) is 4.98 Å². The number of nitrogens with one attached hydrogen (secondary N) is 1. The van der Waals surface area contributed by atoms with E-state index < -0.39 is 0 Å². The van der Waals surface area contributed by atoms with E-state index >= 15 is 0 Å². The number of thiazole rings is 1. The lowest BCUT2D eigenvalue weighted by Gasteiger charge is -2.00. The zero-order valence-corrected chi connectivity index (χ0v) is 10.9. The van der Waals surface area contributed by atoms with E-state index in [2.05, 4.69) is 27.1 Å². The van der Waals surface area contributed by atoms with Gasteiger partial charge in [-0.05, 0) is 12.1 Å².